The molecule has 2 heterocycles. The van der Waals surface area contributed by atoms with Gasteiger partial charge in [-0.3, -0.25) is 9.20 Å². The maximum Gasteiger partial charge on any atom is 0.252 e. The molecule has 0 atom stereocenters. The molecule has 4 rings (SSSR count). The third-order valence-corrected chi connectivity index (χ3v) is 4.57. The number of pyridine rings is 1. The molecule has 5 nitrogen and oxygen atoms in total. The van der Waals surface area contributed by atoms with Crippen LogP contribution in [-0.4, -0.2) is 26.5 Å². The van der Waals surface area contributed by atoms with Gasteiger partial charge in [-0.25, -0.2) is 0 Å². The summed E-state index contributed by atoms with van der Waals surface area (Å²) in [6.45, 7) is 0. The van der Waals surface area contributed by atoms with Crippen LogP contribution in [0.5, 0.6) is 0 Å². The van der Waals surface area contributed by atoms with Gasteiger partial charge in [-0.2, -0.15) is 0 Å². The standard InChI is InChI=1S/C16H20N4O/c21-16(17-13-4-2-1-3-5-13)12-8-9-14-18-19-15(11-6-7-11)20(14)10-12/h8-11,13H,1-7H2,(H,17,21). The molecule has 1 N–H and O–H groups in total. The van der Waals surface area contributed by atoms with Crippen molar-refractivity contribution in [3.8, 4) is 0 Å². The van der Waals surface area contributed by atoms with E-state index in [0.29, 0.717) is 17.5 Å². The molecule has 1 amide bonds. The van der Waals surface area contributed by atoms with Crippen LogP contribution in [0.2, 0.25) is 0 Å². The number of nitrogens with zero attached hydrogens (tertiary/aromatic N) is 3. The van der Waals surface area contributed by atoms with Crippen LogP contribution in [0.3, 0.4) is 0 Å². The number of hydrogen-bond acceptors (Lipinski definition) is 3. The van der Waals surface area contributed by atoms with Crippen molar-refractivity contribution in [2.45, 2.75) is 56.9 Å². The lowest BCUT2D eigenvalue weighted by Crippen LogP contribution is -2.36. The van der Waals surface area contributed by atoms with E-state index in [1.807, 2.05) is 22.7 Å². The first-order valence-electron chi connectivity index (χ1n) is 7.97. The van der Waals surface area contributed by atoms with E-state index in [0.717, 1.165) is 24.3 Å². The molecule has 2 fully saturated rings. The highest BCUT2D eigenvalue weighted by Gasteiger charge is 2.28. The smallest absolute Gasteiger partial charge is 0.252 e. The Balaban J connectivity index is 1.57. The molecule has 0 aromatic carbocycles. The molecular formula is C16H20N4O. The first-order valence-corrected chi connectivity index (χ1v) is 7.97. The van der Waals surface area contributed by atoms with E-state index in [1.165, 1.54) is 32.1 Å². The van der Waals surface area contributed by atoms with Crippen LogP contribution in [0.1, 0.15) is 67.0 Å². The van der Waals surface area contributed by atoms with Crippen LogP contribution in [0, 0.1) is 0 Å². The SMILES string of the molecule is O=C(NC1CCCCC1)c1ccc2nnc(C3CC3)n2c1. The molecule has 5 heteroatoms. The number of hydrogen-bond donors (Lipinski definition) is 1. The average molecular weight is 284 g/mol. The van der Waals surface area contributed by atoms with Gasteiger partial charge in [0, 0.05) is 18.2 Å². The molecule has 2 aliphatic carbocycles. The molecule has 0 aliphatic heterocycles. The second-order valence-electron chi connectivity index (χ2n) is 6.29. The number of aromatic nitrogens is 3. The summed E-state index contributed by atoms with van der Waals surface area (Å²) in [5.41, 5.74) is 1.53. The largest absolute Gasteiger partial charge is 0.349 e. The molecule has 21 heavy (non-hydrogen) atoms. The van der Waals surface area contributed by atoms with Crippen molar-refractivity contribution in [2.24, 2.45) is 0 Å². The maximum atomic E-state index is 12.4. The fourth-order valence-electron chi connectivity index (χ4n) is 3.18. The van der Waals surface area contributed by atoms with Crippen molar-refractivity contribution in [3.05, 3.63) is 29.7 Å². The minimum atomic E-state index is 0.0271. The molecule has 0 radical (unpaired) electrons. The van der Waals surface area contributed by atoms with Crippen LogP contribution in [0.25, 0.3) is 5.65 Å². The lowest BCUT2D eigenvalue weighted by molar-refractivity contribution is 0.0927. The lowest BCUT2D eigenvalue weighted by Gasteiger charge is -2.22. The normalized spacial score (nSPS) is 19.8. The summed E-state index contributed by atoms with van der Waals surface area (Å²) >= 11 is 0. The van der Waals surface area contributed by atoms with Crippen molar-refractivity contribution in [1.82, 2.24) is 19.9 Å². The molecule has 2 aromatic heterocycles. The van der Waals surface area contributed by atoms with Gasteiger partial charge in [0.05, 0.1) is 5.56 Å². The summed E-state index contributed by atoms with van der Waals surface area (Å²) in [6, 6.07) is 4.07. The Morgan fingerprint density at radius 1 is 1.10 bits per heavy atom. The number of carbonyl (C=O) groups is 1. The molecule has 0 unspecified atom stereocenters. The number of nitrogens with one attached hydrogen (secondary N) is 1. The van der Waals surface area contributed by atoms with E-state index in [1.54, 1.807) is 0 Å². The predicted molar refractivity (Wildman–Crippen MR) is 79.3 cm³/mol. The van der Waals surface area contributed by atoms with Gasteiger partial charge in [0.15, 0.2) is 5.65 Å². The lowest BCUT2D eigenvalue weighted by atomic mass is 9.95. The Bertz CT molecular complexity index is 668. The molecule has 2 aromatic rings. The molecular weight excluding hydrogens is 264 g/mol. The Morgan fingerprint density at radius 2 is 1.90 bits per heavy atom. The van der Waals surface area contributed by atoms with Crippen LogP contribution >= 0.6 is 0 Å². The Labute approximate surface area is 123 Å². The number of rotatable bonds is 3. The zero-order valence-corrected chi connectivity index (χ0v) is 12.1. The summed E-state index contributed by atoms with van der Waals surface area (Å²) < 4.78 is 1.98. The van der Waals surface area contributed by atoms with Gasteiger partial charge in [-0.05, 0) is 37.8 Å². The highest BCUT2D eigenvalue weighted by atomic mass is 16.1. The zero-order chi connectivity index (χ0) is 14.2. The highest BCUT2D eigenvalue weighted by Crippen LogP contribution is 2.38. The van der Waals surface area contributed by atoms with E-state index >= 15 is 0 Å². The maximum absolute atomic E-state index is 12.4. The van der Waals surface area contributed by atoms with Gasteiger partial charge in [-0.1, -0.05) is 19.3 Å². The Hall–Kier alpha value is -1.91. The summed E-state index contributed by atoms with van der Waals surface area (Å²) in [5, 5.41) is 11.6. The summed E-state index contributed by atoms with van der Waals surface area (Å²) in [5.74, 6) is 1.55. The second-order valence-corrected chi connectivity index (χ2v) is 6.29. The topological polar surface area (TPSA) is 59.3 Å². The minimum absolute atomic E-state index is 0.0271. The summed E-state index contributed by atoms with van der Waals surface area (Å²) in [4.78, 5) is 12.4. The fourth-order valence-corrected chi connectivity index (χ4v) is 3.18. The van der Waals surface area contributed by atoms with E-state index < -0.39 is 0 Å². The van der Waals surface area contributed by atoms with Gasteiger partial charge in [0.1, 0.15) is 5.82 Å². The minimum Gasteiger partial charge on any atom is -0.349 e. The summed E-state index contributed by atoms with van der Waals surface area (Å²) in [7, 11) is 0. The Morgan fingerprint density at radius 3 is 2.67 bits per heavy atom. The average Bonchev–Trinajstić information content (AvgIpc) is 3.27. The number of carbonyl (C=O) groups excluding carboxylic acids is 1. The predicted octanol–water partition coefficient (Wildman–Crippen LogP) is 2.67. The molecule has 0 spiro atoms. The van der Waals surface area contributed by atoms with Crippen LogP contribution in [0.4, 0.5) is 0 Å². The quantitative estimate of drug-likeness (QED) is 0.942. The van der Waals surface area contributed by atoms with E-state index in [9.17, 15) is 4.79 Å². The van der Waals surface area contributed by atoms with Gasteiger partial charge in [0.25, 0.3) is 5.91 Å². The van der Waals surface area contributed by atoms with Crippen molar-refractivity contribution in [2.75, 3.05) is 0 Å². The number of amides is 1. The molecule has 2 saturated carbocycles. The van der Waals surface area contributed by atoms with Crippen molar-refractivity contribution in [3.63, 3.8) is 0 Å². The van der Waals surface area contributed by atoms with Crippen molar-refractivity contribution in [1.29, 1.82) is 0 Å². The van der Waals surface area contributed by atoms with E-state index in [-0.39, 0.29) is 5.91 Å². The summed E-state index contributed by atoms with van der Waals surface area (Å²) in [6.07, 6.45) is 10.2. The third-order valence-electron chi connectivity index (χ3n) is 4.57. The van der Waals surface area contributed by atoms with Crippen molar-refractivity contribution >= 4 is 11.6 Å². The fraction of sp³-hybridized carbons (Fsp3) is 0.562. The molecule has 2 aliphatic rings. The van der Waals surface area contributed by atoms with Gasteiger partial charge in [-0.15, -0.1) is 10.2 Å². The van der Waals surface area contributed by atoms with Gasteiger partial charge >= 0.3 is 0 Å². The van der Waals surface area contributed by atoms with Crippen molar-refractivity contribution < 1.29 is 4.79 Å². The molecule has 110 valence electrons. The first-order chi connectivity index (χ1) is 10.3. The molecule has 0 bridgehead atoms. The first kappa shape index (κ1) is 12.8. The van der Waals surface area contributed by atoms with E-state index in [4.69, 9.17) is 0 Å². The van der Waals surface area contributed by atoms with Gasteiger partial charge in [0.2, 0.25) is 0 Å². The van der Waals surface area contributed by atoms with Gasteiger partial charge < -0.3 is 5.32 Å². The van der Waals surface area contributed by atoms with E-state index in [2.05, 4.69) is 15.5 Å². The van der Waals surface area contributed by atoms with Crippen LogP contribution < -0.4 is 5.32 Å². The van der Waals surface area contributed by atoms with Crippen LogP contribution in [0.15, 0.2) is 18.3 Å². The highest BCUT2D eigenvalue weighted by molar-refractivity contribution is 5.94. The third kappa shape index (κ3) is 2.52. The Kier molecular flexibility index (Phi) is 3.13. The zero-order valence-electron chi connectivity index (χ0n) is 12.1. The second kappa shape index (κ2) is 5.13. The monoisotopic (exact) mass is 284 g/mol. The molecule has 0 saturated heterocycles. The van der Waals surface area contributed by atoms with Crippen LogP contribution in [-0.2, 0) is 0 Å². The number of fused-ring (bicyclic) bond motifs is 1.